The van der Waals surface area contributed by atoms with E-state index in [1.54, 1.807) is 6.07 Å². The zero-order valence-electron chi connectivity index (χ0n) is 10.4. The van der Waals surface area contributed by atoms with Crippen LogP contribution in [0, 0.1) is 5.82 Å². The van der Waals surface area contributed by atoms with Gasteiger partial charge in [-0.1, -0.05) is 18.2 Å². The van der Waals surface area contributed by atoms with E-state index in [2.05, 4.69) is 33.0 Å². The molecule has 98 valence electrons. The van der Waals surface area contributed by atoms with Crippen molar-refractivity contribution in [1.82, 2.24) is 0 Å². The predicted octanol–water partition coefficient (Wildman–Crippen LogP) is 4.25. The van der Waals surface area contributed by atoms with Gasteiger partial charge in [-0.05, 0) is 46.5 Å². The Kier molecular flexibility index (Phi) is 3.19. The van der Waals surface area contributed by atoms with E-state index >= 15 is 0 Å². The summed E-state index contributed by atoms with van der Waals surface area (Å²) in [4.78, 5) is 2.10. The van der Waals surface area contributed by atoms with Crippen molar-refractivity contribution >= 4 is 33.0 Å². The number of halogens is 2. The van der Waals surface area contributed by atoms with Crippen LogP contribution >= 0.6 is 15.9 Å². The Balaban J connectivity index is 2.11. The first-order chi connectivity index (χ1) is 9.16. The first-order valence-corrected chi connectivity index (χ1v) is 7.06. The third kappa shape index (κ3) is 2.21. The summed E-state index contributed by atoms with van der Waals surface area (Å²) in [6.45, 7) is 0.863. The minimum atomic E-state index is -0.285. The van der Waals surface area contributed by atoms with Gasteiger partial charge in [0.25, 0.3) is 0 Å². The molecule has 0 spiro atoms. The van der Waals surface area contributed by atoms with Gasteiger partial charge in [0.05, 0.1) is 15.8 Å². The van der Waals surface area contributed by atoms with Crippen LogP contribution in [0.4, 0.5) is 21.5 Å². The molecule has 2 nitrogen and oxygen atoms in total. The number of fused-ring (bicyclic) bond motifs is 1. The molecule has 0 unspecified atom stereocenters. The minimum absolute atomic E-state index is 0.285. The van der Waals surface area contributed by atoms with Crippen LogP contribution in [0.2, 0.25) is 0 Å². The van der Waals surface area contributed by atoms with Crippen molar-refractivity contribution in [2.75, 3.05) is 17.2 Å². The number of aryl methyl sites for hydroxylation is 1. The summed E-state index contributed by atoms with van der Waals surface area (Å²) in [6, 6.07) is 11.3. The standard InChI is InChI=1S/C15H14BrFN2/c16-11-8-13(18)15(9-12(11)17)19-7-3-5-10-4-1-2-6-14(10)19/h1-2,4,6,8-9H,3,5,7,18H2. The summed E-state index contributed by atoms with van der Waals surface area (Å²) < 4.78 is 14.2. The van der Waals surface area contributed by atoms with Crippen LogP contribution in [0.25, 0.3) is 0 Å². The Hall–Kier alpha value is -1.55. The summed E-state index contributed by atoms with van der Waals surface area (Å²) in [5.74, 6) is -0.285. The maximum atomic E-state index is 13.8. The van der Waals surface area contributed by atoms with E-state index < -0.39 is 0 Å². The van der Waals surface area contributed by atoms with Crippen LogP contribution in [0.5, 0.6) is 0 Å². The first-order valence-electron chi connectivity index (χ1n) is 6.27. The number of nitrogen functional groups attached to an aromatic ring is 1. The van der Waals surface area contributed by atoms with Gasteiger partial charge in [-0.15, -0.1) is 0 Å². The zero-order chi connectivity index (χ0) is 13.4. The molecule has 2 aromatic carbocycles. The van der Waals surface area contributed by atoms with Crippen molar-refractivity contribution in [3.8, 4) is 0 Å². The highest BCUT2D eigenvalue weighted by atomic mass is 79.9. The molecule has 2 aromatic rings. The summed E-state index contributed by atoms with van der Waals surface area (Å²) in [7, 11) is 0. The average molecular weight is 321 g/mol. The second-order valence-electron chi connectivity index (χ2n) is 4.71. The molecular formula is C15H14BrFN2. The molecule has 0 fully saturated rings. The van der Waals surface area contributed by atoms with Gasteiger partial charge in [0.1, 0.15) is 5.82 Å². The molecule has 0 amide bonds. The topological polar surface area (TPSA) is 29.3 Å². The van der Waals surface area contributed by atoms with E-state index in [-0.39, 0.29) is 5.82 Å². The lowest BCUT2D eigenvalue weighted by Gasteiger charge is -2.32. The fourth-order valence-corrected chi connectivity index (χ4v) is 2.93. The number of anilines is 3. The normalized spacial score (nSPS) is 14.3. The monoisotopic (exact) mass is 320 g/mol. The van der Waals surface area contributed by atoms with Crippen LogP contribution in [0.15, 0.2) is 40.9 Å². The van der Waals surface area contributed by atoms with Gasteiger partial charge >= 0.3 is 0 Å². The molecule has 0 bridgehead atoms. The largest absolute Gasteiger partial charge is 0.397 e. The molecular weight excluding hydrogens is 307 g/mol. The second-order valence-corrected chi connectivity index (χ2v) is 5.56. The van der Waals surface area contributed by atoms with Crippen molar-refractivity contribution in [2.24, 2.45) is 0 Å². The van der Waals surface area contributed by atoms with Crippen LogP contribution in [-0.4, -0.2) is 6.54 Å². The van der Waals surface area contributed by atoms with Gasteiger partial charge in [0, 0.05) is 18.3 Å². The lowest BCUT2D eigenvalue weighted by atomic mass is 10.0. The van der Waals surface area contributed by atoms with E-state index in [0.29, 0.717) is 10.2 Å². The summed E-state index contributed by atoms with van der Waals surface area (Å²) in [5.41, 5.74) is 9.79. The highest BCUT2D eigenvalue weighted by molar-refractivity contribution is 9.10. The van der Waals surface area contributed by atoms with Crippen molar-refractivity contribution in [3.63, 3.8) is 0 Å². The molecule has 0 saturated carbocycles. The molecule has 19 heavy (non-hydrogen) atoms. The fraction of sp³-hybridized carbons (Fsp3) is 0.200. The Morgan fingerprint density at radius 2 is 1.95 bits per heavy atom. The Labute approximate surface area is 120 Å². The van der Waals surface area contributed by atoms with Crippen molar-refractivity contribution in [3.05, 3.63) is 52.3 Å². The number of nitrogens with two attached hydrogens (primary N) is 1. The smallest absolute Gasteiger partial charge is 0.139 e. The van der Waals surface area contributed by atoms with E-state index in [9.17, 15) is 4.39 Å². The highest BCUT2D eigenvalue weighted by Gasteiger charge is 2.20. The maximum absolute atomic E-state index is 13.8. The third-order valence-corrected chi connectivity index (χ3v) is 4.08. The first kappa shape index (κ1) is 12.5. The van der Waals surface area contributed by atoms with Crippen LogP contribution < -0.4 is 10.6 Å². The maximum Gasteiger partial charge on any atom is 0.139 e. The Morgan fingerprint density at radius 3 is 2.79 bits per heavy atom. The quantitative estimate of drug-likeness (QED) is 0.796. The number of hydrogen-bond acceptors (Lipinski definition) is 2. The molecule has 0 radical (unpaired) electrons. The molecule has 1 heterocycles. The third-order valence-electron chi connectivity index (χ3n) is 3.47. The average Bonchev–Trinajstić information content (AvgIpc) is 2.42. The minimum Gasteiger partial charge on any atom is -0.397 e. The van der Waals surface area contributed by atoms with E-state index in [4.69, 9.17) is 5.73 Å². The lowest BCUT2D eigenvalue weighted by molar-refractivity contribution is 0.620. The molecule has 0 saturated heterocycles. The number of nitrogens with zero attached hydrogens (tertiary/aromatic N) is 1. The molecule has 1 aliphatic heterocycles. The molecule has 3 rings (SSSR count). The van der Waals surface area contributed by atoms with E-state index in [1.807, 2.05) is 12.1 Å². The van der Waals surface area contributed by atoms with Crippen molar-refractivity contribution < 1.29 is 4.39 Å². The second kappa shape index (κ2) is 4.85. The SMILES string of the molecule is Nc1cc(Br)c(F)cc1N1CCCc2ccccc21. The number of benzene rings is 2. The molecule has 0 aliphatic carbocycles. The van der Waals surface area contributed by atoms with Crippen molar-refractivity contribution in [1.29, 1.82) is 0 Å². The zero-order valence-corrected chi connectivity index (χ0v) is 12.0. The number of para-hydroxylation sites is 1. The van der Waals surface area contributed by atoms with Gasteiger partial charge in [-0.25, -0.2) is 4.39 Å². The van der Waals surface area contributed by atoms with E-state index in [0.717, 1.165) is 30.8 Å². The van der Waals surface area contributed by atoms with Gasteiger partial charge in [-0.2, -0.15) is 0 Å². The molecule has 0 atom stereocenters. The van der Waals surface area contributed by atoms with Gasteiger partial charge in [-0.3, -0.25) is 0 Å². The van der Waals surface area contributed by atoms with E-state index in [1.165, 1.54) is 11.6 Å². The van der Waals surface area contributed by atoms with Crippen LogP contribution in [-0.2, 0) is 6.42 Å². The molecule has 1 aliphatic rings. The van der Waals surface area contributed by atoms with Crippen LogP contribution in [0.1, 0.15) is 12.0 Å². The summed E-state index contributed by atoms with van der Waals surface area (Å²) >= 11 is 3.16. The van der Waals surface area contributed by atoms with Gasteiger partial charge in [0.2, 0.25) is 0 Å². The number of hydrogen-bond donors (Lipinski definition) is 1. The molecule has 4 heteroatoms. The molecule has 2 N–H and O–H groups in total. The number of rotatable bonds is 1. The Morgan fingerprint density at radius 1 is 1.16 bits per heavy atom. The molecule has 0 aromatic heterocycles. The lowest BCUT2D eigenvalue weighted by Crippen LogP contribution is -2.25. The predicted molar refractivity (Wildman–Crippen MR) is 80.3 cm³/mol. The van der Waals surface area contributed by atoms with Crippen molar-refractivity contribution in [2.45, 2.75) is 12.8 Å². The Bertz CT molecular complexity index is 628. The fourth-order valence-electron chi connectivity index (χ4n) is 2.57. The summed E-state index contributed by atoms with van der Waals surface area (Å²) in [5, 5.41) is 0. The summed E-state index contributed by atoms with van der Waals surface area (Å²) in [6.07, 6.45) is 2.11. The van der Waals surface area contributed by atoms with Crippen LogP contribution in [0.3, 0.4) is 0 Å². The van der Waals surface area contributed by atoms with Gasteiger partial charge < -0.3 is 10.6 Å². The highest BCUT2D eigenvalue weighted by Crippen LogP contribution is 2.38. The van der Waals surface area contributed by atoms with Gasteiger partial charge in [0.15, 0.2) is 0 Å².